The van der Waals surface area contributed by atoms with Crippen molar-refractivity contribution >= 4 is 15.6 Å². The minimum atomic E-state index is -3.87. The summed E-state index contributed by atoms with van der Waals surface area (Å²) in [7, 11) is -6.30. The van der Waals surface area contributed by atoms with E-state index in [1.807, 2.05) is 0 Å². The van der Waals surface area contributed by atoms with Crippen LogP contribution in [0, 0.1) is 0 Å². The molecule has 110 valence electrons. The van der Waals surface area contributed by atoms with Gasteiger partial charge in [0.05, 0.1) is 13.2 Å². The van der Waals surface area contributed by atoms with E-state index in [-0.39, 0.29) is 13.2 Å². The zero-order valence-electron chi connectivity index (χ0n) is 11.6. The topological polar surface area (TPSA) is 74.3 Å². The van der Waals surface area contributed by atoms with Crippen LogP contribution in [-0.2, 0) is 27.0 Å². The minimum Gasteiger partial charge on any atom is -0.300 e. The van der Waals surface area contributed by atoms with E-state index in [0.29, 0.717) is 13.1 Å². The fourth-order valence-corrected chi connectivity index (χ4v) is 5.00. The van der Waals surface area contributed by atoms with Gasteiger partial charge in [-0.3, -0.25) is 13.6 Å². The normalized spacial score (nSPS) is 15.9. The molecule has 0 saturated carbocycles. The van der Waals surface area contributed by atoms with Crippen molar-refractivity contribution in [1.29, 1.82) is 0 Å². The summed E-state index contributed by atoms with van der Waals surface area (Å²) >= 11 is 0. The SMILES string of the molecule is CCOP(=O)(OCC)OP(=O)(OC)N(CC)CC. The highest BCUT2D eigenvalue weighted by molar-refractivity contribution is 7.63. The summed E-state index contributed by atoms with van der Waals surface area (Å²) < 4.78 is 45.9. The van der Waals surface area contributed by atoms with Crippen LogP contribution in [-0.4, -0.2) is 38.1 Å². The Morgan fingerprint density at radius 2 is 1.39 bits per heavy atom. The highest BCUT2D eigenvalue weighted by Gasteiger charge is 2.41. The Labute approximate surface area is 109 Å². The van der Waals surface area contributed by atoms with Crippen LogP contribution < -0.4 is 0 Å². The summed E-state index contributed by atoms with van der Waals surface area (Å²) in [6, 6.07) is 0. The Morgan fingerprint density at radius 3 is 1.67 bits per heavy atom. The lowest BCUT2D eigenvalue weighted by Gasteiger charge is -2.28. The van der Waals surface area contributed by atoms with E-state index >= 15 is 0 Å². The van der Waals surface area contributed by atoms with Gasteiger partial charge in [0.15, 0.2) is 0 Å². The lowest BCUT2D eigenvalue weighted by atomic mass is 10.7. The van der Waals surface area contributed by atoms with E-state index in [1.165, 1.54) is 11.8 Å². The van der Waals surface area contributed by atoms with Crippen LogP contribution in [0.25, 0.3) is 0 Å². The van der Waals surface area contributed by atoms with Crippen molar-refractivity contribution in [2.24, 2.45) is 0 Å². The smallest absolute Gasteiger partial charge is 0.300 e. The molecule has 0 aliphatic carbocycles. The zero-order valence-corrected chi connectivity index (χ0v) is 13.4. The van der Waals surface area contributed by atoms with E-state index in [4.69, 9.17) is 17.9 Å². The predicted octanol–water partition coefficient (Wildman–Crippen LogP) is 3.28. The molecule has 0 saturated heterocycles. The first kappa shape index (κ1) is 18.3. The van der Waals surface area contributed by atoms with E-state index in [0.717, 1.165) is 0 Å². The van der Waals surface area contributed by atoms with Gasteiger partial charge in [-0.2, -0.15) is 4.31 Å². The van der Waals surface area contributed by atoms with Gasteiger partial charge >= 0.3 is 15.6 Å². The molecule has 1 atom stereocenters. The van der Waals surface area contributed by atoms with Gasteiger partial charge in [-0.1, -0.05) is 13.8 Å². The van der Waals surface area contributed by atoms with Gasteiger partial charge in [0.25, 0.3) is 0 Å². The monoisotopic (exact) mass is 303 g/mol. The van der Waals surface area contributed by atoms with Crippen molar-refractivity contribution in [2.75, 3.05) is 33.4 Å². The standard InChI is InChI=1S/C9H23NO6P2/c1-6-10(7-2)17(11,13-5)16-18(12,14-8-3)15-9-4/h6-9H2,1-5H3. The number of hydrogen-bond acceptors (Lipinski definition) is 6. The van der Waals surface area contributed by atoms with Crippen LogP contribution in [0.5, 0.6) is 0 Å². The Balaban J connectivity index is 5.07. The summed E-state index contributed by atoms with van der Waals surface area (Å²) in [5.74, 6) is 0. The number of hydrogen-bond donors (Lipinski definition) is 0. The third-order valence-electron chi connectivity index (χ3n) is 2.08. The zero-order chi connectivity index (χ0) is 14.2. The maximum absolute atomic E-state index is 12.5. The van der Waals surface area contributed by atoms with Gasteiger partial charge < -0.3 is 0 Å². The molecule has 0 aliphatic rings. The average Bonchev–Trinajstić information content (AvgIpc) is 2.30. The van der Waals surface area contributed by atoms with Crippen LogP contribution in [0.2, 0.25) is 0 Å². The second-order valence-corrected chi connectivity index (χ2v) is 7.09. The van der Waals surface area contributed by atoms with Gasteiger partial charge in [-0.05, 0) is 13.8 Å². The van der Waals surface area contributed by atoms with Crippen LogP contribution in [0.4, 0.5) is 0 Å². The molecule has 0 aromatic heterocycles. The Hall–Kier alpha value is 0.260. The molecule has 0 amide bonds. The second-order valence-electron chi connectivity index (χ2n) is 3.15. The molecular weight excluding hydrogens is 280 g/mol. The Morgan fingerprint density at radius 1 is 0.944 bits per heavy atom. The summed E-state index contributed by atoms with van der Waals surface area (Å²) in [6.45, 7) is 7.99. The highest BCUT2D eigenvalue weighted by atomic mass is 31.3. The quantitative estimate of drug-likeness (QED) is 0.573. The third-order valence-corrected chi connectivity index (χ3v) is 6.58. The molecule has 0 aliphatic heterocycles. The molecule has 0 fully saturated rings. The van der Waals surface area contributed by atoms with Crippen molar-refractivity contribution in [3.05, 3.63) is 0 Å². The lowest BCUT2D eigenvalue weighted by molar-refractivity contribution is 0.146. The van der Waals surface area contributed by atoms with Crippen molar-refractivity contribution in [2.45, 2.75) is 27.7 Å². The van der Waals surface area contributed by atoms with Gasteiger partial charge in [0, 0.05) is 20.2 Å². The number of phosphoric acid groups is 1. The fourth-order valence-electron chi connectivity index (χ4n) is 1.30. The largest absolute Gasteiger partial charge is 0.482 e. The van der Waals surface area contributed by atoms with E-state index < -0.39 is 15.6 Å². The summed E-state index contributed by atoms with van der Waals surface area (Å²) in [5.41, 5.74) is 0. The first-order valence-electron chi connectivity index (χ1n) is 5.92. The molecule has 0 N–H and O–H groups in total. The third kappa shape index (κ3) is 5.10. The van der Waals surface area contributed by atoms with Crippen molar-refractivity contribution in [1.82, 2.24) is 4.67 Å². The average molecular weight is 303 g/mol. The molecule has 18 heavy (non-hydrogen) atoms. The van der Waals surface area contributed by atoms with E-state index in [9.17, 15) is 9.13 Å². The molecule has 0 aromatic carbocycles. The minimum absolute atomic E-state index is 0.124. The summed E-state index contributed by atoms with van der Waals surface area (Å²) in [6.07, 6.45) is 0. The van der Waals surface area contributed by atoms with Gasteiger partial charge in [0.2, 0.25) is 0 Å². The first-order valence-corrected chi connectivity index (χ1v) is 8.88. The van der Waals surface area contributed by atoms with Crippen molar-refractivity contribution in [3.63, 3.8) is 0 Å². The second kappa shape index (κ2) is 8.43. The molecular formula is C9H23NO6P2. The number of phosphoric ester groups is 1. The molecule has 7 nitrogen and oxygen atoms in total. The number of nitrogens with zero attached hydrogens (tertiary/aromatic N) is 1. The van der Waals surface area contributed by atoms with Crippen LogP contribution in [0.3, 0.4) is 0 Å². The van der Waals surface area contributed by atoms with Crippen LogP contribution in [0.15, 0.2) is 0 Å². The summed E-state index contributed by atoms with van der Waals surface area (Å²) in [5, 5.41) is 0. The highest BCUT2D eigenvalue weighted by Crippen LogP contribution is 2.66. The predicted molar refractivity (Wildman–Crippen MR) is 69.5 cm³/mol. The van der Waals surface area contributed by atoms with Gasteiger partial charge in [-0.25, -0.2) is 13.8 Å². The first-order chi connectivity index (χ1) is 8.41. The molecule has 1 unspecified atom stereocenters. The van der Waals surface area contributed by atoms with Crippen LogP contribution >= 0.6 is 15.6 Å². The molecule has 0 heterocycles. The van der Waals surface area contributed by atoms with Crippen LogP contribution in [0.1, 0.15) is 27.7 Å². The molecule has 9 heteroatoms. The van der Waals surface area contributed by atoms with Crippen molar-refractivity contribution in [3.8, 4) is 0 Å². The molecule has 0 rings (SSSR count). The molecule has 0 spiro atoms. The van der Waals surface area contributed by atoms with E-state index in [2.05, 4.69) is 0 Å². The molecule has 0 radical (unpaired) electrons. The Bertz CT molecular complexity index is 310. The van der Waals surface area contributed by atoms with E-state index in [1.54, 1.807) is 27.7 Å². The van der Waals surface area contributed by atoms with Crippen molar-refractivity contribution < 1.29 is 27.0 Å². The summed E-state index contributed by atoms with van der Waals surface area (Å²) in [4.78, 5) is 0. The fraction of sp³-hybridized carbons (Fsp3) is 1.00. The lowest BCUT2D eigenvalue weighted by Crippen LogP contribution is -2.22. The maximum atomic E-state index is 12.5. The van der Waals surface area contributed by atoms with Gasteiger partial charge in [0.1, 0.15) is 0 Å². The Kier molecular flexibility index (Phi) is 8.56. The molecule has 0 bridgehead atoms. The maximum Gasteiger partial charge on any atom is 0.482 e. The van der Waals surface area contributed by atoms with Gasteiger partial charge in [-0.15, -0.1) is 0 Å². The molecule has 0 aromatic rings. The number of rotatable bonds is 10.